The summed E-state index contributed by atoms with van der Waals surface area (Å²) in [5.74, 6) is 0. The van der Waals surface area contributed by atoms with E-state index in [0.29, 0.717) is 15.9 Å². The van der Waals surface area contributed by atoms with E-state index in [0.717, 1.165) is 26.1 Å². The van der Waals surface area contributed by atoms with Crippen molar-refractivity contribution < 1.29 is 10.0 Å². The van der Waals surface area contributed by atoms with Crippen LogP contribution in [0.2, 0.25) is 0 Å². The lowest BCUT2D eigenvalue weighted by molar-refractivity contribution is -0.383. The summed E-state index contributed by atoms with van der Waals surface area (Å²) in [4.78, 5) is 15.9. The van der Waals surface area contributed by atoms with Crippen molar-refractivity contribution in [2.75, 3.05) is 31.6 Å². The lowest BCUT2D eigenvalue weighted by Gasteiger charge is -2.39. The Morgan fingerprint density at radius 1 is 1.60 bits per heavy atom. The van der Waals surface area contributed by atoms with Crippen LogP contribution in [-0.2, 0) is 0 Å². The van der Waals surface area contributed by atoms with Gasteiger partial charge in [0.05, 0.1) is 11.0 Å². The van der Waals surface area contributed by atoms with Crippen molar-refractivity contribution in [3.8, 4) is 0 Å². The number of anilines is 1. The minimum Gasteiger partial charge on any atom is -0.388 e. The quantitative estimate of drug-likeness (QED) is 0.682. The van der Waals surface area contributed by atoms with Gasteiger partial charge in [-0.3, -0.25) is 15.0 Å². The average molecular weight is 299 g/mol. The van der Waals surface area contributed by atoms with Gasteiger partial charge in [0.15, 0.2) is 5.00 Å². The van der Waals surface area contributed by atoms with Crippen LogP contribution in [0.1, 0.15) is 31.2 Å². The normalized spacial score (nSPS) is 22.0. The summed E-state index contributed by atoms with van der Waals surface area (Å²) in [7, 11) is 2.09. The first kappa shape index (κ1) is 15.2. The maximum Gasteiger partial charge on any atom is 0.304 e. The highest BCUT2D eigenvalue weighted by atomic mass is 32.1. The molecule has 1 aliphatic heterocycles. The largest absolute Gasteiger partial charge is 0.388 e. The van der Waals surface area contributed by atoms with E-state index in [2.05, 4.69) is 23.8 Å². The number of hydrogen-bond acceptors (Lipinski definition) is 6. The molecule has 1 aromatic rings. The van der Waals surface area contributed by atoms with E-state index in [1.807, 2.05) is 0 Å². The molecule has 2 heterocycles. The van der Waals surface area contributed by atoms with E-state index >= 15 is 0 Å². The topological polar surface area (TPSA) is 69.8 Å². The predicted octanol–water partition coefficient (Wildman–Crippen LogP) is 2.24. The molecular formula is C13H21N3O3S. The van der Waals surface area contributed by atoms with Gasteiger partial charge in [-0.25, -0.2) is 0 Å². The van der Waals surface area contributed by atoms with Gasteiger partial charge in [0.25, 0.3) is 0 Å². The standard InChI is InChI=1S/C13H21N3O3S/c1-4-10-8-15(6-5-14(10)3)13-11(16(18)19)7-12(20-13)9(2)17/h7,9-10,17H,4-6,8H2,1-3H3. The van der Waals surface area contributed by atoms with Crippen LogP contribution in [0.5, 0.6) is 0 Å². The van der Waals surface area contributed by atoms with E-state index in [1.54, 1.807) is 6.92 Å². The SMILES string of the molecule is CCC1CN(c2sc(C(C)O)cc2[N+](=O)[O-])CCN1C. The Morgan fingerprint density at radius 2 is 2.30 bits per heavy atom. The number of thiophene rings is 1. The molecule has 0 aromatic carbocycles. The van der Waals surface area contributed by atoms with Crippen LogP contribution < -0.4 is 4.90 Å². The number of nitro groups is 1. The Bertz CT molecular complexity index is 489. The third-order valence-electron chi connectivity index (χ3n) is 3.86. The second-order valence-electron chi connectivity index (χ2n) is 5.26. The first-order chi connectivity index (χ1) is 9.43. The molecule has 1 N–H and O–H groups in total. The zero-order chi connectivity index (χ0) is 14.9. The number of aliphatic hydroxyl groups excluding tert-OH is 1. The van der Waals surface area contributed by atoms with Crippen LogP contribution >= 0.6 is 11.3 Å². The lowest BCUT2D eigenvalue weighted by Crippen LogP contribution is -2.51. The molecule has 2 atom stereocenters. The fourth-order valence-electron chi connectivity index (χ4n) is 2.52. The summed E-state index contributed by atoms with van der Waals surface area (Å²) in [6.45, 7) is 6.26. The summed E-state index contributed by atoms with van der Waals surface area (Å²) in [6, 6.07) is 1.92. The molecule has 0 bridgehead atoms. The Balaban J connectivity index is 2.29. The highest BCUT2D eigenvalue weighted by Crippen LogP contribution is 2.40. The van der Waals surface area contributed by atoms with Gasteiger partial charge in [-0.2, -0.15) is 0 Å². The van der Waals surface area contributed by atoms with Crippen LogP contribution in [0.4, 0.5) is 10.7 Å². The Morgan fingerprint density at radius 3 is 2.85 bits per heavy atom. The Labute approximate surface area is 122 Å². The lowest BCUT2D eigenvalue weighted by atomic mass is 10.1. The van der Waals surface area contributed by atoms with E-state index in [4.69, 9.17) is 0 Å². The summed E-state index contributed by atoms with van der Waals surface area (Å²) in [5, 5.41) is 21.5. The molecule has 0 aliphatic carbocycles. The van der Waals surface area contributed by atoms with E-state index < -0.39 is 6.10 Å². The molecule has 0 amide bonds. The molecule has 6 nitrogen and oxygen atoms in total. The maximum absolute atomic E-state index is 11.2. The van der Waals surface area contributed by atoms with Gasteiger partial charge < -0.3 is 10.0 Å². The van der Waals surface area contributed by atoms with Crippen LogP contribution in [0, 0.1) is 10.1 Å². The molecule has 0 spiro atoms. The molecule has 0 radical (unpaired) electrons. The minimum atomic E-state index is -0.665. The average Bonchev–Trinajstić information content (AvgIpc) is 2.84. The molecule has 2 unspecified atom stereocenters. The van der Waals surface area contributed by atoms with Crippen LogP contribution in [-0.4, -0.2) is 47.7 Å². The number of piperazine rings is 1. The fraction of sp³-hybridized carbons (Fsp3) is 0.692. The zero-order valence-corrected chi connectivity index (χ0v) is 12.9. The first-order valence-electron chi connectivity index (χ1n) is 6.85. The van der Waals surface area contributed by atoms with Crippen molar-refractivity contribution in [2.45, 2.75) is 32.4 Å². The van der Waals surface area contributed by atoms with E-state index in [9.17, 15) is 15.2 Å². The monoisotopic (exact) mass is 299 g/mol. The number of nitrogens with zero attached hydrogens (tertiary/aromatic N) is 3. The maximum atomic E-state index is 11.2. The third kappa shape index (κ3) is 2.94. The Hall–Kier alpha value is -1.18. The van der Waals surface area contributed by atoms with Gasteiger partial charge in [-0.05, 0) is 20.4 Å². The van der Waals surface area contributed by atoms with E-state index in [1.165, 1.54) is 17.4 Å². The van der Waals surface area contributed by atoms with Crippen molar-refractivity contribution in [3.05, 3.63) is 21.1 Å². The Kier molecular flexibility index (Phi) is 4.62. The summed E-state index contributed by atoms with van der Waals surface area (Å²) < 4.78 is 0. The molecule has 7 heteroatoms. The smallest absolute Gasteiger partial charge is 0.304 e. The number of likely N-dealkylation sites (N-methyl/N-ethyl adjacent to an activating group) is 1. The highest BCUT2D eigenvalue weighted by Gasteiger charge is 2.30. The van der Waals surface area contributed by atoms with Gasteiger partial charge in [-0.15, -0.1) is 11.3 Å². The molecule has 1 aromatic heterocycles. The number of rotatable bonds is 4. The van der Waals surface area contributed by atoms with Gasteiger partial charge in [0.1, 0.15) is 0 Å². The molecular weight excluding hydrogens is 278 g/mol. The fourth-order valence-corrected chi connectivity index (χ4v) is 3.62. The van der Waals surface area contributed by atoms with Gasteiger partial charge >= 0.3 is 5.69 Å². The molecule has 0 saturated carbocycles. The van der Waals surface area contributed by atoms with Crippen molar-refractivity contribution in [1.82, 2.24) is 4.90 Å². The van der Waals surface area contributed by atoms with Crippen LogP contribution in [0.15, 0.2) is 6.07 Å². The summed E-state index contributed by atoms with van der Waals surface area (Å²) >= 11 is 1.33. The molecule has 1 aliphatic rings. The molecule has 20 heavy (non-hydrogen) atoms. The predicted molar refractivity (Wildman–Crippen MR) is 80.5 cm³/mol. The second kappa shape index (κ2) is 6.07. The zero-order valence-electron chi connectivity index (χ0n) is 12.1. The summed E-state index contributed by atoms with van der Waals surface area (Å²) in [6.07, 6.45) is 0.358. The molecule has 1 fully saturated rings. The van der Waals surface area contributed by atoms with Crippen molar-refractivity contribution in [3.63, 3.8) is 0 Å². The third-order valence-corrected chi connectivity index (χ3v) is 5.21. The molecule has 1 saturated heterocycles. The minimum absolute atomic E-state index is 0.116. The van der Waals surface area contributed by atoms with Gasteiger partial charge in [0.2, 0.25) is 0 Å². The summed E-state index contributed by atoms with van der Waals surface area (Å²) in [5.41, 5.74) is 0.116. The number of hydrogen-bond donors (Lipinski definition) is 1. The van der Waals surface area contributed by atoms with Gasteiger partial charge in [0, 0.05) is 36.6 Å². The van der Waals surface area contributed by atoms with Crippen molar-refractivity contribution in [1.29, 1.82) is 0 Å². The number of aliphatic hydroxyl groups is 1. The van der Waals surface area contributed by atoms with Gasteiger partial charge in [-0.1, -0.05) is 6.92 Å². The first-order valence-corrected chi connectivity index (χ1v) is 7.67. The van der Waals surface area contributed by atoms with Crippen molar-refractivity contribution in [2.24, 2.45) is 0 Å². The van der Waals surface area contributed by atoms with Crippen LogP contribution in [0.25, 0.3) is 0 Å². The molecule has 2 rings (SSSR count). The molecule has 112 valence electrons. The van der Waals surface area contributed by atoms with Crippen molar-refractivity contribution >= 4 is 22.0 Å². The van der Waals surface area contributed by atoms with Crippen LogP contribution in [0.3, 0.4) is 0 Å². The van der Waals surface area contributed by atoms with E-state index in [-0.39, 0.29) is 10.6 Å². The highest BCUT2D eigenvalue weighted by molar-refractivity contribution is 7.16. The second-order valence-corrected chi connectivity index (χ2v) is 6.32.